The third kappa shape index (κ3) is 3.56. The molecule has 2 atom stereocenters. The van der Waals surface area contributed by atoms with Gasteiger partial charge in [0.1, 0.15) is 11.3 Å². The lowest BCUT2D eigenvalue weighted by Gasteiger charge is -2.15. The van der Waals surface area contributed by atoms with Crippen LogP contribution in [0.5, 0.6) is 0 Å². The highest BCUT2D eigenvalue weighted by molar-refractivity contribution is 5.78. The van der Waals surface area contributed by atoms with Crippen molar-refractivity contribution in [1.82, 2.24) is 24.7 Å². The van der Waals surface area contributed by atoms with Crippen LogP contribution in [0.2, 0.25) is 0 Å². The lowest BCUT2D eigenvalue weighted by atomic mass is 10.2. The molecular weight excluding hydrogens is 394 g/mol. The Kier molecular flexibility index (Phi) is 4.26. The summed E-state index contributed by atoms with van der Waals surface area (Å²) in [6, 6.07) is 8.27. The molecule has 0 amide bonds. The zero-order valence-corrected chi connectivity index (χ0v) is 16.9. The van der Waals surface area contributed by atoms with Crippen molar-refractivity contribution in [2.75, 3.05) is 10.6 Å². The number of rotatable bonds is 6. The fraction of sp³-hybridized carbons (Fsp3) is 0.364. The first-order valence-electron chi connectivity index (χ1n) is 10.7. The van der Waals surface area contributed by atoms with Gasteiger partial charge in [0.25, 0.3) is 11.5 Å². The summed E-state index contributed by atoms with van der Waals surface area (Å²) < 4.78 is 6.92. The van der Waals surface area contributed by atoms with Gasteiger partial charge >= 0.3 is 0 Å². The second-order valence-electron chi connectivity index (χ2n) is 8.43. The first-order chi connectivity index (χ1) is 15.2. The highest BCUT2D eigenvalue weighted by atomic mass is 16.5. The number of aromatic nitrogens is 5. The second-order valence-corrected chi connectivity index (χ2v) is 8.43. The number of hydrogen-bond donors (Lipinski definition) is 3. The summed E-state index contributed by atoms with van der Waals surface area (Å²) in [5.41, 5.74) is 1.25. The van der Waals surface area contributed by atoms with E-state index in [9.17, 15) is 4.79 Å². The zero-order chi connectivity index (χ0) is 20.8. The lowest BCUT2D eigenvalue weighted by Crippen LogP contribution is -2.22. The highest BCUT2D eigenvalue weighted by Gasteiger charge is 2.31. The summed E-state index contributed by atoms with van der Waals surface area (Å²) in [6.45, 7) is 0. The molecule has 0 radical (unpaired) electrons. The lowest BCUT2D eigenvalue weighted by molar-refractivity contribution is 0.379. The molecule has 0 spiro atoms. The molecule has 2 saturated carbocycles. The average Bonchev–Trinajstić information content (AvgIpc) is 3.15. The molecule has 2 aliphatic carbocycles. The van der Waals surface area contributed by atoms with E-state index in [4.69, 9.17) is 4.52 Å². The van der Waals surface area contributed by atoms with Gasteiger partial charge in [-0.15, -0.1) is 0 Å². The smallest absolute Gasteiger partial charge is 0.279 e. The van der Waals surface area contributed by atoms with E-state index in [0.717, 1.165) is 54.9 Å². The maximum absolute atomic E-state index is 12.6. The van der Waals surface area contributed by atoms with E-state index in [1.165, 1.54) is 0 Å². The Morgan fingerprint density at radius 2 is 1.94 bits per heavy atom. The molecule has 9 nitrogen and oxygen atoms in total. The largest absolute Gasteiger partial charge is 0.367 e. The van der Waals surface area contributed by atoms with Crippen molar-refractivity contribution in [3.05, 3.63) is 59.1 Å². The van der Waals surface area contributed by atoms with Gasteiger partial charge in [0.05, 0.1) is 11.9 Å². The molecule has 2 fully saturated rings. The number of pyridine rings is 2. The molecule has 31 heavy (non-hydrogen) atoms. The van der Waals surface area contributed by atoms with E-state index < -0.39 is 0 Å². The van der Waals surface area contributed by atoms with Crippen molar-refractivity contribution in [2.24, 2.45) is 0 Å². The van der Waals surface area contributed by atoms with Gasteiger partial charge in [0, 0.05) is 35.8 Å². The van der Waals surface area contributed by atoms with E-state index in [0.29, 0.717) is 29.5 Å². The van der Waals surface area contributed by atoms with Gasteiger partial charge in [-0.1, -0.05) is 0 Å². The third-order valence-corrected chi connectivity index (χ3v) is 6.13. The molecule has 6 rings (SSSR count). The Morgan fingerprint density at radius 1 is 1.06 bits per heavy atom. The van der Waals surface area contributed by atoms with Crippen LogP contribution in [-0.4, -0.2) is 36.8 Å². The number of fused-ring (bicyclic) bond motifs is 1. The van der Waals surface area contributed by atoms with Gasteiger partial charge in [-0.25, -0.2) is 4.98 Å². The first-order valence-corrected chi connectivity index (χ1v) is 10.7. The van der Waals surface area contributed by atoms with E-state index in [2.05, 4.69) is 30.7 Å². The molecule has 4 heterocycles. The van der Waals surface area contributed by atoms with Crippen LogP contribution in [0, 0.1) is 0 Å². The fourth-order valence-corrected chi connectivity index (χ4v) is 4.29. The van der Waals surface area contributed by atoms with Crippen LogP contribution in [-0.2, 0) is 0 Å². The molecular formula is C22H23N7O2. The van der Waals surface area contributed by atoms with Crippen LogP contribution in [0.3, 0.4) is 0 Å². The monoisotopic (exact) mass is 417 g/mol. The molecule has 4 aromatic rings. The predicted octanol–water partition coefficient (Wildman–Crippen LogP) is 3.42. The number of aromatic amines is 1. The Hall–Kier alpha value is -3.62. The quantitative estimate of drug-likeness (QED) is 0.440. The zero-order valence-electron chi connectivity index (χ0n) is 16.9. The van der Waals surface area contributed by atoms with Gasteiger partial charge < -0.3 is 20.1 Å². The van der Waals surface area contributed by atoms with Crippen LogP contribution in [0.4, 0.5) is 11.8 Å². The van der Waals surface area contributed by atoms with Crippen LogP contribution in [0.25, 0.3) is 16.6 Å². The highest BCUT2D eigenvalue weighted by Crippen LogP contribution is 2.39. The SMILES string of the molecule is O=c1c2[nH]ccc2ccn1-c1ccc(N[C@H]2CC[C@H](Nc3noc(C4CC4)n3)C2)nc1. The molecule has 0 unspecified atom stereocenters. The van der Waals surface area contributed by atoms with Gasteiger partial charge in [-0.2, -0.15) is 4.98 Å². The molecule has 4 aromatic heterocycles. The molecule has 0 saturated heterocycles. The topological polar surface area (TPSA) is 114 Å². The number of H-pyrrole nitrogens is 1. The van der Waals surface area contributed by atoms with E-state index in [1.54, 1.807) is 23.2 Å². The molecule has 9 heteroatoms. The van der Waals surface area contributed by atoms with Crippen LogP contribution >= 0.6 is 0 Å². The van der Waals surface area contributed by atoms with Gasteiger partial charge in [-0.05, 0) is 61.5 Å². The Balaban J connectivity index is 1.09. The summed E-state index contributed by atoms with van der Waals surface area (Å²) in [5, 5.41) is 11.8. The van der Waals surface area contributed by atoms with Gasteiger partial charge in [-0.3, -0.25) is 9.36 Å². The summed E-state index contributed by atoms with van der Waals surface area (Å²) in [4.78, 5) is 24.6. The maximum Gasteiger partial charge on any atom is 0.279 e. The molecule has 158 valence electrons. The van der Waals surface area contributed by atoms with Gasteiger partial charge in [0.15, 0.2) is 0 Å². The van der Waals surface area contributed by atoms with Crippen molar-refractivity contribution in [3.63, 3.8) is 0 Å². The van der Waals surface area contributed by atoms with E-state index in [-0.39, 0.29) is 5.56 Å². The number of anilines is 2. The number of hydrogen-bond acceptors (Lipinski definition) is 7. The van der Waals surface area contributed by atoms with Crippen molar-refractivity contribution in [2.45, 2.75) is 50.1 Å². The summed E-state index contributed by atoms with van der Waals surface area (Å²) in [7, 11) is 0. The first kappa shape index (κ1) is 18.2. The Labute approximate surface area is 177 Å². The van der Waals surface area contributed by atoms with Crippen molar-refractivity contribution in [3.8, 4) is 5.69 Å². The molecule has 3 N–H and O–H groups in total. The molecule has 0 bridgehead atoms. The van der Waals surface area contributed by atoms with E-state index in [1.807, 2.05) is 24.3 Å². The van der Waals surface area contributed by atoms with Crippen LogP contribution < -0.4 is 16.2 Å². The second kappa shape index (κ2) is 7.26. The van der Waals surface area contributed by atoms with E-state index >= 15 is 0 Å². The van der Waals surface area contributed by atoms with Crippen molar-refractivity contribution in [1.29, 1.82) is 0 Å². The van der Waals surface area contributed by atoms with Crippen LogP contribution in [0.1, 0.15) is 43.9 Å². The van der Waals surface area contributed by atoms with Crippen molar-refractivity contribution < 1.29 is 4.52 Å². The minimum Gasteiger partial charge on any atom is -0.367 e. The molecule has 0 aromatic carbocycles. The third-order valence-electron chi connectivity index (χ3n) is 6.13. The summed E-state index contributed by atoms with van der Waals surface area (Å²) >= 11 is 0. The average molecular weight is 417 g/mol. The standard InChI is InChI=1S/C22H23N7O2/c30-21-19-13(7-9-23-19)8-10-29(21)17-5-6-18(24-12-17)25-15-3-4-16(11-15)26-22-27-20(31-28-22)14-1-2-14/h5-10,12,14-16,23H,1-4,11H2,(H,24,25)(H,26,28)/t15-,16-/m0/s1. The predicted molar refractivity (Wildman–Crippen MR) is 117 cm³/mol. The van der Waals surface area contributed by atoms with Crippen molar-refractivity contribution >= 4 is 22.7 Å². The normalized spacial score (nSPS) is 20.9. The summed E-state index contributed by atoms with van der Waals surface area (Å²) in [5.74, 6) is 2.63. The number of nitrogens with one attached hydrogen (secondary N) is 3. The molecule has 2 aliphatic rings. The fourth-order valence-electron chi connectivity index (χ4n) is 4.29. The van der Waals surface area contributed by atoms with Gasteiger partial charge in [0.2, 0.25) is 5.89 Å². The Bertz CT molecular complexity index is 1270. The molecule has 0 aliphatic heterocycles. The Morgan fingerprint density at radius 3 is 2.74 bits per heavy atom. The summed E-state index contributed by atoms with van der Waals surface area (Å²) in [6.07, 6.45) is 10.6. The minimum absolute atomic E-state index is 0.0824. The minimum atomic E-state index is -0.0824. The number of nitrogens with zero attached hydrogens (tertiary/aromatic N) is 4. The van der Waals surface area contributed by atoms with Crippen LogP contribution in [0.15, 0.2) is 52.2 Å². The maximum atomic E-state index is 12.6.